The van der Waals surface area contributed by atoms with Gasteiger partial charge in [-0.3, -0.25) is 14.0 Å². The first-order valence-corrected chi connectivity index (χ1v) is 14.1. The maximum Gasteiger partial charge on any atom is 0.600 e. The number of hydrogen-bond donors (Lipinski definition) is 5. The Bertz CT molecular complexity index is 1030. The molecule has 3 unspecified atom stereocenters. The number of nitrogens with two attached hydrogens (primary N) is 1. The molecule has 1 saturated heterocycles. The summed E-state index contributed by atoms with van der Waals surface area (Å²) in [4.78, 5) is 39.6. The molecule has 0 aliphatic carbocycles. The zero-order valence-electron chi connectivity index (χ0n) is 13.6. The lowest BCUT2D eigenvalue weighted by atomic mass is 10.2. The van der Waals surface area contributed by atoms with Crippen molar-refractivity contribution < 1.29 is 42.7 Å². The molecule has 18 heteroatoms. The van der Waals surface area contributed by atoms with Gasteiger partial charge in [0, 0.05) is 6.42 Å². The van der Waals surface area contributed by atoms with Gasteiger partial charge in [-0.15, -0.1) is 0 Å². The highest BCUT2D eigenvalue weighted by Crippen LogP contribution is 2.88. The van der Waals surface area contributed by atoms with E-state index in [-0.39, 0.29) is 17.0 Å². The molecule has 0 saturated carbocycles. The summed E-state index contributed by atoms with van der Waals surface area (Å²) >= 11 is 3.23. The molecule has 154 valence electrons. The minimum atomic E-state index is -5.39. The van der Waals surface area contributed by atoms with E-state index in [9.17, 15) is 28.6 Å². The Morgan fingerprint density at radius 3 is 2.75 bits per heavy atom. The van der Waals surface area contributed by atoms with Crippen molar-refractivity contribution in [2.24, 2.45) is 0 Å². The number of aromatic nitrogens is 4. The van der Waals surface area contributed by atoms with Crippen molar-refractivity contribution in [2.45, 2.75) is 24.9 Å². The highest BCUT2D eigenvalue weighted by atomic mass is 79.9. The smallest absolute Gasteiger partial charge is 0.390 e. The third-order valence-electron chi connectivity index (χ3n) is 3.91. The molecule has 1 fully saturated rings. The molecule has 0 aromatic carbocycles. The van der Waals surface area contributed by atoms with E-state index in [4.69, 9.17) is 15.4 Å². The van der Waals surface area contributed by atoms with Gasteiger partial charge >= 0.3 is 21.7 Å². The highest BCUT2D eigenvalue weighted by molar-refractivity contribution is 9.10. The molecule has 0 spiro atoms. The summed E-state index contributed by atoms with van der Waals surface area (Å²) < 4.78 is 46.0. The van der Waals surface area contributed by atoms with E-state index in [1.807, 2.05) is 0 Å². The largest absolute Gasteiger partial charge is 0.600 e. The van der Waals surface area contributed by atoms with Gasteiger partial charge in [-0.2, -0.15) is 4.89 Å². The molecule has 6 atom stereocenters. The van der Waals surface area contributed by atoms with Crippen molar-refractivity contribution in [2.75, 3.05) is 12.3 Å². The minimum Gasteiger partial charge on any atom is -0.390 e. The van der Waals surface area contributed by atoms with Crippen LogP contribution in [0.4, 0.5) is 5.82 Å². The Hall–Kier alpha value is -0.850. The zero-order chi connectivity index (χ0) is 20.9. The first kappa shape index (κ1) is 21.8. The number of imidazole rings is 1. The number of halogens is 1. The quantitative estimate of drug-likeness (QED) is 0.263. The summed E-state index contributed by atoms with van der Waals surface area (Å²) in [6.45, 7) is -6.17. The Morgan fingerprint density at radius 1 is 1.43 bits per heavy atom. The number of rotatable bonds is 6. The second-order valence-electron chi connectivity index (χ2n) is 5.67. The Balaban J connectivity index is 1.78. The summed E-state index contributed by atoms with van der Waals surface area (Å²) in [5, 5.41) is 10.2. The van der Waals surface area contributed by atoms with E-state index in [0.717, 1.165) is 0 Å². The van der Waals surface area contributed by atoms with Crippen LogP contribution in [0.25, 0.3) is 11.2 Å². The van der Waals surface area contributed by atoms with E-state index in [0.29, 0.717) is 11.2 Å². The molecule has 3 heterocycles. The SMILES string of the molecule is Nc1ncnc2c1nc(Br)n2[C@H]1C[C@H](O)[C@@H](COP(=O)(O)P(=O)(O)[P+](=O)O)O1. The lowest BCUT2D eigenvalue weighted by Crippen LogP contribution is -2.25. The van der Waals surface area contributed by atoms with Gasteiger partial charge in [-0.1, -0.05) is 0 Å². The van der Waals surface area contributed by atoms with Crippen LogP contribution >= 0.6 is 37.7 Å². The van der Waals surface area contributed by atoms with E-state index in [2.05, 4.69) is 35.4 Å². The van der Waals surface area contributed by atoms with E-state index >= 15 is 0 Å². The fourth-order valence-electron chi connectivity index (χ4n) is 2.52. The third kappa shape index (κ3) is 3.80. The van der Waals surface area contributed by atoms with Crippen LogP contribution in [0.15, 0.2) is 11.1 Å². The van der Waals surface area contributed by atoms with E-state index in [1.54, 1.807) is 0 Å². The van der Waals surface area contributed by atoms with Crippen LogP contribution in [0.1, 0.15) is 12.6 Å². The molecule has 2 aromatic rings. The average molecular weight is 521 g/mol. The van der Waals surface area contributed by atoms with Gasteiger partial charge in [0.2, 0.25) is 0 Å². The molecular formula is C10H14BrN5O9P3+. The van der Waals surface area contributed by atoms with Crippen molar-refractivity contribution in [1.29, 1.82) is 0 Å². The number of nitrogen functional groups attached to an aromatic ring is 1. The molecule has 14 nitrogen and oxygen atoms in total. The second-order valence-corrected chi connectivity index (χ2v) is 15.9. The summed E-state index contributed by atoms with van der Waals surface area (Å²) in [5.41, 5.74) is 6.34. The van der Waals surface area contributed by atoms with Crippen LogP contribution in [0.3, 0.4) is 0 Å². The van der Waals surface area contributed by atoms with Gasteiger partial charge in [0.15, 0.2) is 21.7 Å². The van der Waals surface area contributed by atoms with Crippen molar-refractivity contribution in [3.8, 4) is 0 Å². The van der Waals surface area contributed by atoms with Crippen LogP contribution in [-0.2, 0) is 23.0 Å². The lowest BCUT2D eigenvalue weighted by Gasteiger charge is -2.17. The summed E-state index contributed by atoms with van der Waals surface area (Å²) in [7, 11) is -9.20. The van der Waals surface area contributed by atoms with Crippen LogP contribution in [0.2, 0.25) is 0 Å². The Kier molecular flexibility index (Phi) is 6.06. The number of fused-ring (bicyclic) bond motifs is 1. The number of ether oxygens (including phenoxy) is 1. The predicted octanol–water partition coefficient (Wildman–Crippen LogP) is 0.856. The molecular weight excluding hydrogens is 507 g/mol. The minimum absolute atomic E-state index is 0.00275. The summed E-state index contributed by atoms with van der Waals surface area (Å²) in [5.74, 6) is 0.126. The molecule has 3 rings (SSSR count). The van der Waals surface area contributed by atoms with Crippen LogP contribution in [-0.4, -0.2) is 58.1 Å². The average Bonchev–Trinajstić information content (AvgIpc) is 3.12. The molecule has 28 heavy (non-hydrogen) atoms. The molecule has 1 aliphatic rings. The molecule has 0 radical (unpaired) electrons. The standard InChI is InChI=1S/C10H13BrN5O9P3/c11-10-15-7-8(12)13-3-14-9(7)16(10)6-1-4(17)5(25-6)2-24-27(20,21)28(22,23)26(18)19/h3-6,17H,1-2H2,(H4-,12,13,14,18,19,20,21,22,23)/p+1/t4-,5+,6+/m0/s1. The number of anilines is 1. The summed E-state index contributed by atoms with van der Waals surface area (Å²) in [6.07, 6.45) is -1.97. The van der Waals surface area contributed by atoms with Crippen molar-refractivity contribution in [3.05, 3.63) is 11.1 Å². The van der Waals surface area contributed by atoms with E-state index < -0.39 is 46.8 Å². The fraction of sp³-hybridized carbons (Fsp3) is 0.500. The number of aliphatic hydroxyl groups excluding tert-OH is 1. The molecule has 6 N–H and O–H groups in total. The molecule has 2 aromatic heterocycles. The first-order chi connectivity index (χ1) is 13.0. The summed E-state index contributed by atoms with van der Waals surface area (Å²) in [6, 6.07) is 0. The van der Waals surface area contributed by atoms with Gasteiger partial charge < -0.3 is 20.5 Å². The molecule has 0 bridgehead atoms. The van der Waals surface area contributed by atoms with Crippen molar-refractivity contribution in [1.82, 2.24) is 19.5 Å². The van der Waals surface area contributed by atoms with Gasteiger partial charge in [-0.05, 0) is 20.5 Å². The number of aliphatic hydroxyl groups is 1. The monoisotopic (exact) mass is 520 g/mol. The van der Waals surface area contributed by atoms with Crippen LogP contribution in [0, 0.1) is 0 Å². The van der Waals surface area contributed by atoms with E-state index in [1.165, 1.54) is 10.9 Å². The normalized spacial score (nSPS) is 27.5. The van der Waals surface area contributed by atoms with Gasteiger partial charge in [0.05, 0.1) is 12.7 Å². The van der Waals surface area contributed by atoms with Crippen LogP contribution in [0.5, 0.6) is 0 Å². The molecule has 0 amide bonds. The second kappa shape index (κ2) is 7.77. The van der Waals surface area contributed by atoms with Crippen molar-refractivity contribution >= 4 is 54.7 Å². The maximum absolute atomic E-state index is 11.8. The highest BCUT2D eigenvalue weighted by Gasteiger charge is 2.61. The maximum atomic E-state index is 11.8. The fourth-order valence-corrected chi connectivity index (χ4v) is 7.22. The topological polar surface area (TPSA) is 220 Å². The first-order valence-electron chi connectivity index (χ1n) is 7.40. The Labute approximate surface area is 165 Å². The predicted molar refractivity (Wildman–Crippen MR) is 97.4 cm³/mol. The van der Waals surface area contributed by atoms with Crippen molar-refractivity contribution in [3.63, 3.8) is 0 Å². The number of hydrogen-bond acceptors (Lipinski definition) is 10. The Morgan fingerprint density at radius 2 is 2.11 bits per heavy atom. The van der Waals surface area contributed by atoms with Gasteiger partial charge in [0.25, 0.3) is 0 Å². The third-order valence-corrected chi connectivity index (χ3v) is 13.1. The number of nitrogens with zero attached hydrogens (tertiary/aromatic N) is 4. The van der Waals surface area contributed by atoms with Gasteiger partial charge in [0.1, 0.15) is 18.7 Å². The van der Waals surface area contributed by atoms with Gasteiger partial charge in [-0.25, -0.2) is 24.1 Å². The zero-order valence-corrected chi connectivity index (χ0v) is 17.9. The lowest BCUT2D eigenvalue weighted by molar-refractivity contribution is -0.0396. The molecule has 1 aliphatic heterocycles. The van der Waals surface area contributed by atoms with Crippen LogP contribution < -0.4 is 5.73 Å².